The Morgan fingerprint density at radius 1 is 1.06 bits per heavy atom. The molecule has 3 amide bonds. The van der Waals surface area contributed by atoms with Crippen molar-refractivity contribution in [2.24, 2.45) is 0 Å². The van der Waals surface area contributed by atoms with E-state index in [1.54, 1.807) is 24.3 Å². The number of carbonyl (C=O) groups is 2. The van der Waals surface area contributed by atoms with Crippen LogP contribution in [0.4, 0.5) is 33.7 Å². The number of pyridine rings is 1. The molecule has 1 aromatic heterocycles. The number of anilines is 2. The Kier molecular flexibility index (Phi) is 6.10. The zero-order valence-corrected chi connectivity index (χ0v) is 17.7. The molecule has 0 saturated heterocycles. The van der Waals surface area contributed by atoms with Gasteiger partial charge in [0, 0.05) is 37.2 Å². The molecule has 0 spiro atoms. The van der Waals surface area contributed by atoms with E-state index in [0.29, 0.717) is 42.3 Å². The van der Waals surface area contributed by atoms with Gasteiger partial charge in [-0.05, 0) is 54.4 Å². The highest BCUT2D eigenvalue weighted by molar-refractivity contribution is 6.03. The molecule has 2 N–H and O–H groups in total. The van der Waals surface area contributed by atoms with Crippen molar-refractivity contribution in [3.63, 3.8) is 0 Å². The van der Waals surface area contributed by atoms with Gasteiger partial charge in [-0.1, -0.05) is 0 Å². The maximum absolute atomic E-state index is 13.5. The van der Waals surface area contributed by atoms with Crippen molar-refractivity contribution < 1.29 is 31.9 Å². The van der Waals surface area contributed by atoms with Crippen molar-refractivity contribution in [3.05, 3.63) is 77.4 Å². The molecule has 0 saturated carbocycles. The first kappa shape index (κ1) is 23.0. The number of fused-ring (bicyclic) bond motifs is 1. The van der Waals surface area contributed by atoms with Crippen LogP contribution in [0.15, 0.2) is 54.7 Å². The van der Waals surface area contributed by atoms with Gasteiger partial charge in [0.2, 0.25) is 0 Å². The minimum atomic E-state index is -4.88. The van der Waals surface area contributed by atoms with Crippen molar-refractivity contribution >= 4 is 23.3 Å². The van der Waals surface area contributed by atoms with Crippen LogP contribution in [-0.4, -0.2) is 30.5 Å². The van der Waals surface area contributed by atoms with Crippen LogP contribution in [0.25, 0.3) is 0 Å². The largest absolute Gasteiger partial charge is 0.457 e. The first-order chi connectivity index (χ1) is 16.2. The van der Waals surface area contributed by atoms with Gasteiger partial charge in [0.25, 0.3) is 5.91 Å². The predicted octanol–water partition coefficient (Wildman–Crippen LogP) is 4.99. The summed E-state index contributed by atoms with van der Waals surface area (Å²) in [4.78, 5) is 29.8. The maximum atomic E-state index is 13.5. The van der Waals surface area contributed by atoms with E-state index < -0.39 is 23.6 Å². The SMILES string of the molecule is CNC(=O)c1cc(Oc2ccc3c(c2)CCN3C(=O)Nc2ccc(F)c(C(F)(F)F)c2)ccn1. The highest BCUT2D eigenvalue weighted by Gasteiger charge is 2.34. The summed E-state index contributed by atoms with van der Waals surface area (Å²) in [7, 11) is 1.49. The number of aromatic nitrogens is 1. The molecule has 1 aliphatic heterocycles. The smallest absolute Gasteiger partial charge is 0.419 e. The molecule has 34 heavy (non-hydrogen) atoms. The summed E-state index contributed by atoms with van der Waals surface area (Å²) in [5, 5.41) is 4.86. The summed E-state index contributed by atoms with van der Waals surface area (Å²) in [6.07, 6.45) is -2.94. The van der Waals surface area contributed by atoms with E-state index in [9.17, 15) is 27.2 Å². The van der Waals surface area contributed by atoms with Gasteiger partial charge in [-0.3, -0.25) is 14.7 Å². The zero-order chi connectivity index (χ0) is 24.5. The van der Waals surface area contributed by atoms with Crippen molar-refractivity contribution in [2.45, 2.75) is 12.6 Å². The average molecular weight is 474 g/mol. The third kappa shape index (κ3) is 4.77. The second kappa shape index (κ2) is 9.00. The van der Waals surface area contributed by atoms with Crippen LogP contribution in [0.3, 0.4) is 0 Å². The first-order valence-electron chi connectivity index (χ1n) is 10.1. The number of nitrogens with one attached hydrogen (secondary N) is 2. The van der Waals surface area contributed by atoms with E-state index in [2.05, 4.69) is 15.6 Å². The van der Waals surface area contributed by atoms with Gasteiger partial charge in [0.1, 0.15) is 23.0 Å². The van der Waals surface area contributed by atoms with Gasteiger partial charge >= 0.3 is 12.2 Å². The Morgan fingerprint density at radius 3 is 2.56 bits per heavy atom. The zero-order valence-electron chi connectivity index (χ0n) is 17.7. The fourth-order valence-electron chi connectivity index (χ4n) is 3.53. The van der Waals surface area contributed by atoms with Crippen molar-refractivity contribution in [2.75, 3.05) is 23.8 Å². The number of carbonyl (C=O) groups excluding carboxylic acids is 2. The Morgan fingerprint density at radius 2 is 1.82 bits per heavy atom. The summed E-state index contributed by atoms with van der Waals surface area (Å²) < 4.78 is 58.1. The Balaban J connectivity index is 1.49. The molecule has 0 fully saturated rings. The summed E-state index contributed by atoms with van der Waals surface area (Å²) in [5.41, 5.74) is -0.0630. The molecule has 176 valence electrons. The number of halogens is 4. The third-order valence-electron chi connectivity index (χ3n) is 5.14. The second-order valence-corrected chi connectivity index (χ2v) is 7.37. The van der Waals surface area contributed by atoms with Gasteiger partial charge in [0.05, 0.1) is 5.56 Å². The minimum Gasteiger partial charge on any atom is -0.457 e. The molecule has 1 aliphatic rings. The summed E-state index contributed by atoms with van der Waals surface area (Å²) in [6, 6.07) is 9.75. The van der Waals surface area contributed by atoms with Gasteiger partial charge < -0.3 is 15.4 Å². The van der Waals surface area contributed by atoms with Crippen molar-refractivity contribution in [1.29, 1.82) is 0 Å². The van der Waals surface area contributed by atoms with Crippen LogP contribution in [0.2, 0.25) is 0 Å². The molecule has 7 nitrogen and oxygen atoms in total. The lowest BCUT2D eigenvalue weighted by atomic mass is 10.1. The Hall–Kier alpha value is -4.15. The molecule has 2 aromatic carbocycles. The van der Waals surface area contributed by atoms with Crippen molar-refractivity contribution in [1.82, 2.24) is 10.3 Å². The molecule has 0 atom stereocenters. The topological polar surface area (TPSA) is 83.6 Å². The fourth-order valence-corrected chi connectivity index (χ4v) is 3.53. The Bertz CT molecular complexity index is 1260. The van der Waals surface area contributed by atoms with Crippen molar-refractivity contribution in [3.8, 4) is 11.5 Å². The number of alkyl halides is 3. The van der Waals surface area contributed by atoms with Gasteiger partial charge in [-0.15, -0.1) is 0 Å². The first-order valence-corrected chi connectivity index (χ1v) is 10.1. The quantitative estimate of drug-likeness (QED) is 0.522. The van der Waals surface area contributed by atoms with Gasteiger partial charge in [-0.25, -0.2) is 9.18 Å². The number of nitrogens with zero attached hydrogens (tertiary/aromatic N) is 2. The highest BCUT2D eigenvalue weighted by Crippen LogP contribution is 2.35. The van der Waals surface area contributed by atoms with Crippen LogP contribution >= 0.6 is 0 Å². The monoisotopic (exact) mass is 474 g/mol. The number of hydrogen-bond donors (Lipinski definition) is 2. The number of rotatable bonds is 4. The van der Waals surface area contributed by atoms with E-state index in [1.165, 1.54) is 24.2 Å². The minimum absolute atomic E-state index is 0.170. The van der Waals surface area contributed by atoms with E-state index in [-0.39, 0.29) is 17.3 Å². The summed E-state index contributed by atoms with van der Waals surface area (Å²) in [5.74, 6) is -0.896. The lowest BCUT2D eigenvalue weighted by molar-refractivity contribution is -0.139. The molecule has 0 unspecified atom stereocenters. The molecular formula is C23H18F4N4O3. The number of benzene rings is 2. The lowest BCUT2D eigenvalue weighted by Gasteiger charge is -2.19. The molecule has 0 radical (unpaired) electrons. The number of ether oxygens (including phenoxy) is 1. The predicted molar refractivity (Wildman–Crippen MR) is 116 cm³/mol. The van der Waals surface area contributed by atoms with E-state index in [0.717, 1.165) is 11.6 Å². The number of amides is 3. The number of urea groups is 1. The normalized spacial score (nSPS) is 12.8. The molecule has 4 rings (SSSR count). The average Bonchev–Trinajstić information content (AvgIpc) is 3.22. The number of hydrogen-bond acceptors (Lipinski definition) is 4. The lowest BCUT2D eigenvalue weighted by Crippen LogP contribution is -2.33. The molecule has 3 aromatic rings. The van der Waals surface area contributed by atoms with E-state index in [4.69, 9.17) is 4.74 Å². The standard InChI is InChI=1S/C23H18F4N4O3/c1-28-21(32)19-12-16(6-8-29-19)34-15-3-5-20-13(10-15)7-9-31(20)22(33)30-14-2-4-18(24)17(11-14)23(25,26)27/h2-6,8,10-12H,7,9H2,1H3,(H,28,32)(H,30,33). The molecule has 11 heteroatoms. The summed E-state index contributed by atoms with van der Waals surface area (Å²) >= 11 is 0. The summed E-state index contributed by atoms with van der Waals surface area (Å²) in [6.45, 7) is 0.300. The van der Waals surface area contributed by atoms with Gasteiger partial charge in [0.15, 0.2) is 0 Å². The van der Waals surface area contributed by atoms with E-state index in [1.807, 2.05) is 0 Å². The molecule has 0 aliphatic carbocycles. The Labute approximate surface area is 191 Å². The third-order valence-corrected chi connectivity index (χ3v) is 5.14. The molecular weight excluding hydrogens is 456 g/mol. The molecule has 0 bridgehead atoms. The van der Waals surface area contributed by atoms with Gasteiger partial charge in [-0.2, -0.15) is 13.2 Å². The van der Waals surface area contributed by atoms with Crippen LogP contribution in [0.5, 0.6) is 11.5 Å². The van der Waals surface area contributed by atoms with Crippen LogP contribution in [0, 0.1) is 5.82 Å². The fraction of sp³-hybridized carbons (Fsp3) is 0.174. The maximum Gasteiger partial charge on any atom is 0.419 e. The second-order valence-electron chi connectivity index (χ2n) is 7.37. The van der Waals surface area contributed by atoms with Crippen LogP contribution in [-0.2, 0) is 12.6 Å². The highest BCUT2D eigenvalue weighted by atomic mass is 19.4. The van der Waals surface area contributed by atoms with Crippen LogP contribution < -0.4 is 20.3 Å². The van der Waals surface area contributed by atoms with E-state index >= 15 is 0 Å². The van der Waals surface area contributed by atoms with Crippen LogP contribution in [0.1, 0.15) is 21.6 Å². The molecule has 2 heterocycles.